The lowest BCUT2D eigenvalue weighted by Crippen LogP contribution is -2.32. The molecule has 0 bridgehead atoms. The molecule has 0 aliphatic carbocycles. The number of benzene rings is 2. The maximum atomic E-state index is 12.9. The molecular formula is C23H19FN2O5S. The van der Waals surface area contributed by atoms with Crippen LogP contribution in [0.4, 0.5) is 4.39 Å². The summed E-state index contributed by atoms with van der Waals surface area (Å²) in [5, 5.41) is 2.44. The van der Waals surface area contributed by atoms with Gasteiger partial charge in [-0.1, -0.05) is 11.6 Å². The van der Waals surface area contributed by atoms with E-state index >= 15 is 0 Å². The van der Waals surface area contributed by atoms with Gasteiger partial charge in [0.15, 0.2) is 0 Å². The highest BCUT2D eigenvalue weighted by Crippen LogP contribution is 2.24. The van der Waals surface area contributed by atoms with Gasteiger partial charge in [-0.05, 0) is 43.3 Å². The summed E-state index contributed by atoms with van der Waals surface area (Å²) >= 11 is 1.35. The summed E-state index contributed by atoms with van der Waals surface area (Å²) in [7, 11) is 0. The minimum absolute atomic E-state index is 0.0206. The predicted molar refractivity (Wildman–Crippen MR) is 114 cm³/mol. The molecule has 0 saturated heterocycles. The number of aromatic nitrogens is 1. The summed E-state index contributed by atoms with van der Waals surface area (Å²) < 4.78 is 23.7. The largest absolute Gasteiger partial charge is 0.486 e. The van der Waals surface area contributed by atoms with Gasteiger partial charge in [0, 0.05) is 11.9 Å². The van der Waals surface area contributed by atoms with Gasteiger partial charge in [0.25, 0.3) is 11.8 Å². The van der Waals surface area contributed by atoms with Crippen molar-refractivity contribution in [2.24, 2.45) is 0 Å². The number of thiazole rings is 1. The number of amides is 2. The van der Waals surface area contributed by atoms with E-state index in [1.165, 1.54) is 35.6 Å². The van der Waals surface area contributed by atoms with Gasteiger partial charge in [-0.3, -0.25) is 19.3 Å². The Hall–Kier alpha value is -3.59. The van der Waals surface area contributed by atoms with Gasteiger partial charge in [0.05, 0.1) is 23.2 Å². The molecule has 0 saturated carbocycles. The number of hydrogen-bond donors (Lipinski definition) is 0. The minimum Gasteiger partial charge on any atom is -0.486 e. The molecule has 9 heteroatoms. The number of rotatable bonds is 8. The lowest BCUT2D eigenvalue weighted by molar-refractivity contribution is -0.145. The maximum absolute atomic E-state index is 12.9. The molecule has 7 nitrogen and oxygen atoms in total. The number of esters is 1. The van der Waals surface area contributed by atoms with Crippen molar-refractivity contribution in [3.63, 3.8) is 0 Å². The Labute approximate surface area is 187 Å². The number of carbonyl (C=O) groups excluding carboxylic acids is 3. The van der Waals surface area contributed by atoms with E-state index < -0.39 is 17.8 Å². The molecule has 2 heterocycles. The fourth-order valence-corrected chi connectivity index (χ4v) is 3.88. The third-order valence-electron chi connectivity index (χ3n) is 4.82. The lowest BCUT2D eigenvalue weighted by atomic mass is 10.1. The minimum atomic E-state index is -0.533. The van der Waals surface area contributed by atoms with Crippen LogP contribution in [0.25, 0.3) is 0 Å². The number of nitrogens with zero attached hydrogens (tertiary/aromatic N) is 2. The zero-order valence-electron chi connectivity index (χ0n) is 17.2. The van der Waals surface area contributed by atoms with Crippen LogP contribution in [0.15, 0.2) is 47.8 Å². The number of imide groups is 1. The van der Waals surface area contributed by atoms with Crippen LogP contribution in [-0.4, -0.2) is 34.2 Å². The highest BCUT2D eigenvalue weighted by molar-refractivity contribution is 7.09. The molecule has 0 N–H and O–H groups in total. The van der Waals surface area contributed by atoms with Crippen LogP contribution in [0, 0.1) is 12.7 Å². The fourth-order valence-electron chi connectivity index (χ4n) is 3.19. The zero-order chi connectivity index (χ0) is 22.7. The molecule has 0 radical (unpaired) electrons. The first-order valence-electron chi connectivity index (χ1n) is 9.85. The van der Waals surface area contributed by atoms with Gasteiger partial charge in [-0.25, -0.2) is 9.37 Å². The SMILES string of the molecule is Cc1ccc2c(c1)C(=O)N(CCC(=O)OCc1csc(COc3ccc(F)cc3)n1)C2=O. The molecule has 1 aromatic heterocycles. The van der Waals surface area contributed by atoms with E-state index in [0.29, 0.717) is 27.6 Å². The Morgan fingerprint density at radius 1 is 1.06 bits per heavy atom. The summed E-state index contributed by atoms with van der Waals surface area (Å²) in [5.74, 6) is -1.14. The van der Waals surface area contributed by atoms with E-state index in [4.69, 9.17) is 9.47 Å². The van der Waals surface area contributed by atoms with Crippen molar-refractivity contribution in [1.29, 1.82) is 0 Å². The second-order valence-electron chi connectivity index (χ2n) is 7.20. The molecule has 1 aliphatic rings. The molecule has 2 amide bonds. The lowest BCUT2D eigenvalue weighted by Gasteiger charge is -2.12. The number of fused-ring (bicyclic) bond motifs is 1. The van der Waals surface area contributed by atoms with Crippen LogP contribution in [0.2, 0.25) is 0 Å². The predicted octanol–water partition coefficient (Wildman–Crippen LogP) is 3.90. The summed E-state index contributed by atoms with van der Waals surface area (Å²) in [6.45, 7) is 1.99. The normalized spacial score (nSPS) is 12.8. The molecular weight excluding hydrogens is 435 g/mol. The van der Waals surface area contributed by atoms with Crippen molar-refractivity contribution in [1.82, 2.24) is 9.88 Å². The Bertz CT molecular complexity index is 1180. The summed E-state index contributed by atoms with van der Waals surface area (Å²) in [4.78, 5) is 42.4. The molecule has 4 rings (SSSR count). The van der Waals surface area contributed by atoms with Crippen LogP contribution < -0.4 is 4.74 Å². The molecule has 3 aromatic rings. The Kier molecular flexibility index (Phi) is 6.27. The van der Waals surface area contributed by atoms with Crippen LogP contribution in [0.3, 0.4) is 0 Å². The number of carbonyl (C=O) groups is 3. The van der Waals surface area contributed by atoms with Crippen LogP contribution >= 0.6 is 11.3 Å². The van der Waals surface area contributed by atoms with E-state index in [1.807, 2.05) is 6.92 Å². The second-order valence-corrected chi connectivity index (χ2v) is 8.14. The summed E-state index contributed by atoms with van der Waals surface area (Å²) in [5.41, 5.74) is 2.17. The molecule has 32 heavy (non-hydrogen) atoms. The quantitative estimate of drug-likeness (QED) is 0.379. The average Bonchev–Trinajstić information content (AvgIpc) is 3.33. The van der Waals surface area contributed by atoms with Gasteiger partial charge >= 0.3 is 5.97 Å². The standard InChI is InChI=1S/C23H19FN2O5S/c1-14-2-7-18-19(10-14)23(29)26(22(18)28)9-8-21(27)31-11-16-13-32-20(25-16)12-30-17-5-3-15(24)4-6-17/h2-7,10,13H,8-9,11-12H2,1H3. The van der Waals surface area contributed by atoms with Crippen molar-refractivity contribution < 1.29 is 28.2 Å². The van der Waals surface area contributed by atoms with E-state index in [1.54, 1.807) is 23.6 Å². The van der Waals surface area contributed by atoms with E-state index in [-0.39, 0.29) is 32.0 Å². The van der Waals surface area contributed by atoms with Crippen molar-refractivity contribution in [2.75, 3.05) is 6.54 Å². The van der Waals surface area contributed by atoms with Gasteiger partial charge < -0.3 is 9.47 Å². The van der Waals surface area contributed by atoms with Crippen molar-refractivity contribution in [3.8, 4) is 5.75 Å². The molecule has 0 fully saturated rings. The summed E-state index contributed by atoms with van der Waals surface area (Å²) in [6.07, 6.45) is -0.102. The van der Waals surface area contributed by atoms with Gasteiger partial charge in [-0.15, -0.1) is 11.3 Å². The first-order valence-corrected chi connectivity index (χ1v) is 10.7. The van der Waals surface area contributed by atoms with E-state index in [0.717, 1.165) is 10.5 Å². The summed E-state index contributed by atoms with van der Waals surface area (Å²) in [6, 6.07) is 10.8. The van der Waals surface area contributed by atoms with Crippen molar-refractivity contribution in [2.45, 2.75) is 26.6 Å². The van der Waals surface area contributed by atoms with E-state index in [9.17, 15) is 18.8 Å². The second kappa shape index (κ2) is 9.27. The topological polar surface area (TPSA) is 85.8 Å². The van der Waals surface area contributed by atoms with E-state index in [2.05, 4.69) is 4.98 Å². The smallest absolute Gasteiger partial charge is 0.307 e. The number of halogens is 1. The van der Waals surface area contributed by atoms with Crippen molar-refractivity contribution >= 4 is 29.1 Å². The number of ether oxygens (including phenoxy) is 2. The fraction of sp³-hybridized carbons (Fsp3) is 0.217. The van der Waals surface area contributed by atoms with Crippen LogP contribution in [0.5, 0.6) is 5.75 Å². The Morgan fingerprint density at radius 2 is 1.81 bits per heavy atom. The maximum Gasteiger partial charge on any atom is 0.307 e. The molecule has 0 atom stereocenters. The highest BCUT2D eigenvalue weighted by atomic mass is 32.1. The average molecular weight is 454 g/mol. The monoisotopic (exact) mass is 454 g/mol. The van der Waals surface area contributed by atoms with Gasteiger partial charge in [0.1, 0.15) is 29.8 Å². The van der Waals surface area contributed by atoms with Crippen molar-refractivity contribution in [3.05, 3.63) is 81.1 Å². The van der Waals surface area contributed by atoms with Crippen LogP contribution in [0.1, 0.15) is 43.4 Å². The van der Waals surface area contributed by atoms with Gasteiger partial charge in [-0.2, -0.15) is 0 Å². The molecule has 0 unspecified atom stereocenters. The van der Waals surface area contributed by atoms with Crippen LogP contribution in [-0.2, 0) is 22.7 Å². The van der Waals surface area contributed by atoms with Gasteiger partial charge in [0.2, 0.25) is 0 Å². The molecule has 164 valence electrons. The highest BCUT2D eigenvalue weighted by Gasteiger charge is 2.35. The number of aryl methyl sites for hydroxylation is 1. The Morgan fingerprint density at radius 3 is 2.59 bits per heavy atom. The molecule has 0 spiro atoms. The Balaban J connectivity index is 1.23. The molecule has 2 aromatic carbocycles. The molecule has 1 aliphatic heterocycles. The zero-order valence-corrected chi connectivity index (χ0v) is 18.0. The third kappa shape index (κ3) is 4.83. The third-order valence-corrected chi connectivity index (χ3v) is 5.69. The first kappa shape index (κ1) is 21.6. The first-order chi connectivity index (χ1) is 15.4. The number of hydrogen-bond acceptors (Lipinski definition) is 7.